The lowest BCUT2D eigenvalue weighted by Crippen LogP contribution is -2.27. The highest BCUT2D eigenvalue weighted by Gasteiger charge is 2.13. The molecule has 1 N–H and O–H groups in total. The van der Waals surface area contributed by atoms with Crippen molar-refractivity contribution >= 4 is 0 Å². The van der Waals surface area contributed by atoms with E-state index in [1.807, 2.05) is 0 Å². The second-order valence-corrected chi connectivity index (χ2v) is 4.57. The van der Waals surface area contributed by atoms with Crippen LogP contribution in [0.1, 0.15) is 51.9 Å². The fourth-order valence-corrected chi connectivity index (χ4v) is 2.30. The molecule has 1 aliphatic rings. The fourth-order valence-electron chi connectivity index (χ4n) is 2.30. The first-order valence-corrected chi connectivity index (χ1v) is 5.99. The van der Waals surface area contributed by atoms with Crippen LogP contribution in [0, 0.1) is 18.3 Å². The molecule has 0 heterocycles. The van der Waals surface area contributed by atoms with Gasteiger partial charge in [-0.15, -0.1) is 6.42 Å². The zero-order chi connectivity index (χ0) is 10.2. The quantitative estimate of drug-likeness (QED) is 0.662. The van der Waals surface area contributed by atoms with Crippen molar-refractivity contribution in [2.75, 3.05) is 6.54 Å². The summed E-state index contributed by atoms with van der Waals surface area (Å²) in [6.45, 7) is 2.95. The van der Waals surface area contributed by atoms with Gasteiger partial charge in [0.05, 0.1) is 6.54 Å². The van der Waals surface area contributed by atoms with E-state index in [0.717, 1.165) is 5.92 Å². The Morgan fingerprint density at radius 1 is 1.36 bits per heavy atom. The Kier molecular flexibility index (Phi) is 5.71. The molecule has 0 saturated heterocycles. The Morgan fingerprint density at radius 3 is 2.71 bits per heavy atom. The van der Waals surface area contributed by atoms with Gasteiger partial charge in [0.25, 0.3) is 0 Å². The van der Waals surface area contributed by atoms with Gasteiger partial charge in [0.1, 0.15) is 0 Å². The van der Waals surface area contributed by atoms with Crippen molar-refractivity contribution < 1.29 is 0 Å². The van der Waals surface area contributed by atoms with Gasteiger partial charge in [-0.1, -0.05) is 38.0 Å². The molecule has 14 heavy (non-hydrogen) atoms. The summed E-state index contributed by atoms with van der Waals surface area (Å²) in [7, 11) is 0. The lowest BCUT2D eigenvalue weighted by molar-refractivity contribution is 0.319. The highest BCUT2D eigenvalue weighted by Crippen LogP contribution is 2.27. The number of terminal acetylenes is 1. The normalized spacial score (nSPS) is 20.3. The highest BCUT2D eigenvalue weighted by atomic mass is 14.9. The number of nitrogens with one attached hydrogen (secondary N) is 1. The van der Waals surface area contributed by atoms with E-state index in [1.165, 1.54) is 44.9 Å². The van der Waals surface area contributed by atoms with Crippen molar-refractivity contribution in [1.82, 2.24) is 5.32 Å². The van der Waals surface area contributed by atoms with E-state index in [4.69, 9.17) is 6.42 Å². The lowest BCUT2D eigenvalue weighted by atomic mass is 9.85. The molecule has 1 aliphatic carbocycles. The summed E-state index contributed by atoms with van der Waals surface area (Å²) in [5.74, 6) is 3.62. The molecule has 0 aliphatic heterocycles. The predicted octanol–water partition coefficient (Wildman–Crippen LogP) is 2.96. The first-order valence-electron chi connectivity index (χ1n) is 5.99. The maximum atomic E-state index is 5.20. The Bertz CT molecular complexity index is 174. The van der Waals surface area contributed by atoms with Gasteiger partial charge in [0, 0.05) is 6.04 Å². The molecule has 1 nitrogen and oxygen atoms in total. The molecule has 0 aromatic rings. The molecule has 1 saturated carbocycles. The minimum Gasteiger partial charge on any atom is -0.304 e. The van der Waals surface area contributed by atoms with Crippen LogP contribution in [-0.4, -0.2) is 12.6 Å². The Balaban J connectivity index is 2.03. The molecule has 1 fully saturated rings. The molecule has 1 atom stereocenters. The molecule has 0 aromatic carbocycles. The Morgan fingerprint density at radius 2 is 2.07 bits per heavy atom. The van der Waals surface area contributed by atoms with Crippen LogP contribution in [0.3, 0.4) is 0 Å². The molecule has 80 valence electrons. The Labute approximate surface area is 88.7 Å². The summed E-state index contributed by atoms with van der Waals surface area (Å²) < 4.78 is 0. The summed E-state index contributed by atoms with van der Waals surface area (Å²) in [6.07, 6.45) is 15.2. The molecule has 0 amide bonds. The second kappa shape index (κ2) is 6.90. The molecular formula is C13H23N. The van der Waals surface area contributed by atoms with Crippen molar-refractivity contribution in [3.8, 4) is 12.3 Å². The third-order valence-corrected chi connectivity index (χ3v) is 3.29. The second-order valence-electron chi connectivity index (χ2n) is 4.57. The van der Waals surface area contributed by atoms with E-state index in [2.05, 4.69) is 18.2 Å². The zero-order valence-electron chi connectivity index (χ0n) is 9.39. The first kappa shape index (κ1) is 11.6. The predicted molar refractivity (Wildman–Crippen MR) is 62.1 cm³/mol. The van der Waals surface area contributed by atoms with Crippen molar-refractivity contribution in [2.24, 2.45) is 5.92 Å². The van der Waals surface area contributed by atoms with Crippen LogP contribution in [0.2, 0.25) is 0 Å². The smallest absolute Gasteiger partial charge is 0.0575 e. The molecule has 0 aromatic heterocycles. The van der Waals surface area contributed by atoms with Crippen LogP contribution in [0.15, 0.2) is 0 Å². The first-order chi connectivity index (χ1) is 6.83. The van der Waals surface area contributed by atoms with Gasteiger partial charge in [0.2, 0.25) is 0 Å². The van der Waals surface area contributed by atoms with Gasteiger partial charge in [-0.05, 0) is 25.7 Å². The molecule has 1 heteroatoms. The van der Waals surface area contributed by atoms with Crippen LogP contribution < -0.4 is 5.32 Å². The van der Waals surface area contributed by atoms with Gasteiger partial charge < -0.3 is 5.32 Å². The van der Waals surface area contributed by atoms with Crippen LogP contribution in [0.25, 0.3) is 0 Å². The molecule has 1 rings (SSSR count). The molecule has 0 radical (unpaired) electrons. The standard InChI is InChI=1S/C13H23N/c1-3-11-14-12(2)9-10-13-7-5-4-6-8-13/h1,12-14H,4-11H2,2H3. The SMILES string of the molecule is C#CCNC(C)CCC1CCCCC1. The van der Waals surface area contributed by atoms with E-state index < -0.39 is 0 Å². The Hall–Kier alpha value is -0.480. The summed E-state index contributed by atoms with van der Waals surface area (Å²) in [6, 6.07) is 0.591. The monoisotopic (exact) mass is 193 g/mol. The number of rotatable bonds is 5. The topological polar surface area (TPSA) is 12.0 Å². The van der Waals surface area contributed by atoms with Crippen LogP contribution in [0.4, 0.5) is 0 Å². The fraction of sp³-hybridized carbons (Fsp3) is 0.846. The van der Waals surface area contributed by atoms with E-state index in [1.54, 1.807) is 0 Å². The van der Waals surface area contributed by atoms with E-state index in [9.17, 15) is 0 Å². The van der Waals surface area contributed by atoms with Crippen LogP contribution in [0.5, 0.6) is 0 Å². The zero-order valence-corrected chi connectivity index (χ0v) is 9.39. The van der Waals surface area contributed by atoms with Crippen molar-refractivity contribution in [3.63, 3.8) is 0 Å². The van der Waals surface area contributed by atoms with Gasteiger partial charge in [-0.2, -0.15) is 0 Å². The van der Waals surface area contributed by atoms with Crippen LogP contribution >= 0.6 is 0 Å². The third-order valence-electron chi connectivity index (χ3n) is 3.29. The van der Waals surface area contributed by atoms with Gasteiger partial charge in [0.15, 0.2) is 0 Å². The molecule has 0 bridgehead atoms. The molecule has 1 unspecified atom stereocenters. The molecular weight excluding hydrogens is 170 g/mol. The average molecular weight is 193 g/mol. The van der Waals surface area contributed by atoms with E-state index in [0.29, 0.717) is 12.6 Å². The molecule has 0 spiro atoms. The van der Waals surface area contributed by atoms with Crippen molar-refractivity contribution in [3.05, 3.63) is 0 Å². The summed E-state index contributed by atoms with van der Waals surface area (Å²) >= 11 is 0. The van der Waals surface area contributed by atoms with Gasteiger partial charge in [-0.25, -0.2) is 0 Å². The van der Waals surface area contributed by atoms with Crippen LogP contribution in [-0.2, 0) is 0 Å². The minimum absolute atomic E-state index is 0.591. The number of hydrogen-bond donors (Lipinski definition) is 1. The third kappa shape index (κ3) is 4.67. The van der Waals surface area contributed by atoms with Gasteiger partial charge in [-0.3, -0.25) is 0 Å². The summed E-state index contributed by atoms with van der Waals surface area (Å²) in [5.41, 5.74) is 0. The summed E-state index contributed by atoms with van der Waals surface area (Å²) in [4.78, 5) is 0. The minimum atomic E-state index is 0.591. The largest absolute Gasteiger partial charge is 0.304 e. The number of hydrogen-bond acceptors (Lipinski definition) is 1. The maximum Gasteiger partial charge on any atom is 0.0575 e. The highest BCUT2D eigenvalue weighted by molar-refractivity contribution is 4.87. The van der Waals surface area contributed by atoms with Crippen molar-refractivity contribution in [1.29, 1.82) is 0 Å². The van der Waals surface area contributed by atoms with Gasteiger partial charge >= 0.3 is 0 Å². The lowest BCUT2D eigenvalue weighted by Gasteiger charge is -2.23. The average Bonchev–Trinajstić information content (AvgIpc) is 2.25. The maximum absolute atomic E-state index is 5.20. The van der Waals surface area contributed by atoms with E-state index >= 15 is 0 Å². The van der Waals surface area contributed by atoms with Crippen molar-refractivity contribution in [2.45, 2.75) is 57.9 Å². The summed E-state index contributed by atoms with van der Waals surface area (Å²) in [5, 5.41) is 3.34. The van der Waals surface area contributed by atoms with E-state index in [-0.39, 0.29) is 0 Å².